The Morgan fingerprint density at radius 3 is 2.59 bits per heavy atom. The van der Waals surface area contributed by atoms with Gasteiger partial charge < -0.3 is 5.32 Å². The fraction of sp³-hybridized carbons (Fsp3) is 0.154. The van der Waals surface area contributed by atoms with E-state index >= 15 is 0 Å². The molecule has 0 fully saturated rings. The normalized spacial score (nSPS) is 10.3. The van der Waals surface area contributed by atoms with E-state index in [-0.39, 0.29) is 5.91 Å². The second-order valence-corrected chi connectivity index (χ2v) is 6.08. The van der Waals surface area contributed by atoms with Crippen LogP contribution in [0.25, 0.3) is 0 Å². The molecule has 0 bridgehead atoms. The molecule has 17 heavy (non-hydrogen) atoms. The number of hydrogen-bond acceptors (Lipinski definition) is 2. The molecule has 88 valence electrons. The average molecular weight is 310 g/mol. The molecule has 4 heteroatoms. The number of thiophene rings is 1. The van der Waals surface area contributed by atoms with Crippen LogP contribution in [-0.2, 0) is 0 Å². The van der Waals surface area contributed by atoms with E-state index in [0.29, 0.717) is 0 Å². The SMILES string of the molecule is Cc1cc(C(=O)Nc2ccccc2Br)c(C)s1. The third kappa shape index (κ3) is 2.76. The number of para-hydroxylation sites is 1. The Morgan fingerprint density at radius 2 is 2.00 bits per heavy atom. The molecular weight excluding hydrogens is 298 g/mol. The summed E-state index contributed by atoms with van der Waals surface area (Å²) in [6.07, 6.45) is 0. The summed E-state index contributed by atoms with van der Waals surface area (Å²) in [7, 11) is 0. The molecule has 0 aliphatic rings. The van der Waals surface area contributed by atoms with Crippen molar-refractivity contribution in [1.82, 2.24) is 0 Å². The van der Waals surface area contributed by atoms with E-state index in [1.807, 2.05) is 44.2 Å². The van der Waals surface area contributed by atoms with Crippen molar-refractivity contribution >= 4 is 38.9 Å². The highest BCUT2D eigenvalue weighted by atomic mass is 79.9. The quantitative estimate of drug-likeness (QED) is 0.876. The van der Waals surface area contributed by atoms with Gasteiger partial charge in [-0.05, 0) is 48.0 Å². The van der Waals surface area contributed by atoms with Crippen LogP contribution in [0.4, 0.5) is 5.69 Å². The molecule has 0 radical (unpaired) electrons. The molecule has 0 saturated heterocycles. The predicted molar refractivity (Wildman–Crippen MR) is 75.9 cm³/mol. The van der Waals surface area contributed by atoms with Crippen LogP contribution < -0.4 is 5.32 Å². The van der Waals surface area contributed by atoms with Crippen molar-refractivity contribution in [3.05, 3.63) is 50.1 Å². The van der Waals surface area contributed by atoms with Crippen molar-refractivity contribution < 1.29 is 4.79 Å². The van der Waals surface area contributed by atoms with E-state index < -0.39 is 0 Å². The van der Waals surface area contributed by atoms with Crippen LogP contribution in [0, 0.1) is 13.8 Å². The van der Waals surface area contributed by atoms with Gasteiger partial charge >= 0.3 is 0 Å². The lowest BCUT2D eigenvalue weighted by Gasteiger charge is -2.06. The van der Waals surface area contributed by atoms with E-state index in [2.05, 4.69) is 21.2 Å². The first-order valence-electron chi connectivity index (χ1n) is 5.21. The second-order valence-electron chi connectivity index (χ2n) is 3.76. The highest BCUT2D eigenvalue weighted by Crippen LogP contribution is 2.25. The van der Waals surface area contributed by atoms with Gasteiger partial charge in [0, 0.05) is 14.2 Å². The summed E-state index contributed by atoms with van der Waals surface area (Å²) >= 11 is 5.05. The van der Waals surface area contributed by atoms with Crippen LogP contribution in [0.1, 0.15) is 20.1 Å². The maximum Gasteiger partial charge on any atom is 0.256 e. The zero-order valence-corrected chi connectivity index (χ0v) is 12.0. The minimum absolute atomic E-state index is 0.0567. The van der Waals surface area contributed by atoms with Crippen molar-refractivity contribution in [2.45, 2.75) is 13.8 Å². The molecule has 0 unspecified atom stereocenters. The van der Waals surface area contributed by atoms with Crippen molar-refractivity contribution in [3.8, 4) is 0 Å². The number of carbonyl (C=O) groups excluding carboxylic acids is 1. The van der Waals surface area contributed by atoms with Gasteiger partial charge in [-0.1, -0.05) is 12.1 Å². The van der Waals surface area contributed by atoms with E-state index in [9.17, 15) is 4.79 Å². The summed E-state index contributed by atoms with van der Waals surface area (Å²) in [5.74, 6) is -0.0567. The Kier molecular flexibility index (Phi) is 3.64. The number of amides is 1. The van der Waals surface area contributed by atoms with Gasteiger partial charge in [-0.25, -0.2) is 0 Å². The summed E-state index contributed by atoms with van der Waals surface area (Å²) in [6.45, 7) is 3.97. The lowest BCUT2D eigenvalue weighted by atomic mass is 10.2. The van der Waals surface area contributed by atoms with Gasteiger partial charge in [0.25, 0.3) is 5.91 Å². The van der Waals surface area contributed by atoms with E-state index in [0.717, 1.165) is 25.5 Å². The monoisotopic (exact) mass is 309 g/mol. The fourth-order valence-corrected chi connectivity index (χ4v) is 2.91. The molecule has 0 aliphatic carbocycles. The summed E-state index contributed by atoms with van der Waals surface area (Å²) in [5.41, 5.74) is 1.55. The molecule has 0 saturated carbocycles. The van der Waals surface area contributed by atoms with Crippen LogP contribution >= 0.6 is 27.3 Å². The number of carbonyl (C=O) groups is 1. The summed E-state index contributed by atoms with van der Waals surface area (Å²) in [6, 6.07) is 9.51. The van der Waals surface area contributed by atoms with E-state index in [1.165, 1.54) is 0 Å². The van der Waals surface area contributed by atoms with Gasteiger partial charge in [0.1, 0.15) is 0 Å². The Morgan fingerprint density at radius 1 is 1.29 bits per heavy atom. The molecule has 0 spiro atoms. The standard InChI is InChI=1S/C13H12BrNOS/c1-8-7-10(9(2)17-8)13(16)15-12-6-4-3-5-11(12)14/h3-7H,1-2H3,(H,15,16). The Hall–Kier alpha value is -1.13. The lowest BCUT2D eigenvalue weighted by Crippen LogP contribution is -2.12. The maximum atomic E-state index is 12.1. The minimum Gasteiger partial charge on any atom is -0.321 e. The van der Waals surface area contributed by atoms with E-state index in [1.54, 1.807) is 11.3 Å². The largest absolute Gasteiger partial charge is 0.321 e. The van der Waals surface area contributed by atoms with Crippen LogP contribution in [0.3, 0.4) is 0 Å². The third-order valence-electron chi connectivity index (χ3n) is 2.41. The number of anilines is 1. The topological polar surface area (TPSA) is 29.1 Å². The number of rotatable bonds is 2. The van der Waals surface area contributed by atoms with E-state index in [4.69, 9.17) is 0 Å². The highest BCUT2D eigenvalue weighted by Gasteiger charge is 2.12. The number of nitrogens with one attached hydrogen (secondary N) is 1. The van der Waals surface area contributed by atoms with Crippen molar-refractivity contribution in [2.75, 3.05) is 5.32 Å². The summed E-state index contributed by atoms with van der Waals surface area (Å²) in [5, 5.41) is 2.90. The first-order chi connectivity index (χ1) is 8.08. The summed E-state index contributed by atoms with van der Waals surface area (Å²) < 4.78 is 0.887. The van der Waals surface area contributed by atoms with Gasteiger partial charge in [-0.15, -0.1) is 11.3 Å². The molecule has 0 aliphatic heterocycles. The smallest absolute Gasteiger partial charge is 0.256 e. The Bertz CT molecular complexity index is 562. The molecule has 1 N–H and O–H groups in total. The van der Waals surface area contributed by atoms with Gasteiger partial charge in [-0.3, -0.25) is 4.79 Å². The average Bonchev–Trinajstić information content (AvgIpc) is 2.61. The van der Waals surface area contributed by atoms with Crippen LogP contribution in [-0.4, -0.2) is 5.91 Å². The zero-order valence-electron chi connectivity index (χ0n) is 9.58. The third-order valence-corrected chi connectivity index (χ3v) is 4.07. The molecule has 1 amide bonds. The molecule has 2 aromatic rings. The number of aryl methyl sites for hydroxylation is 2. The van der Waals surface area contributed by atoms with Gasteiger partial charge in [0.15, 0.2) is 0 Å². The molecule has 2 nitrogen and oxygen atoms in total. The summed E-state index contributed by atoms with van der Waals surface area (Å²) in [4.78, 5) is 14.3. The van der Waals surface area contributed by atoms with Gasteiger partial charge in [-0.2, -0.15) is 0 Å². The van der Waals surface area contributed by atoms with Gasteiger partial charge in [0.2, 0.25) is 0 Å². The van der Waals surface area contributed by atoms with Crippen molar-refractivity contribution in [3.63, 3.8) is 0 Å². The first-order valence-corrected chi connectivity index (χ1v) is 6.82. The van der Waals surface area contributed by atoms with Crippen LogP contribution in [0.5, 0.6) is 0 Å². The maximum absolute atomic E-state index is 12.1. The highest BCUT2D eigenvalue weighted by molar-refractivity contribution is 9.10. The molecular formula is C13H12BrNOS. The van der Waals surface area contributed by atoms with Crippen molar-refractivity contribution in [2.24, 2.45) is 0 Å². The Balaban J connectivity index is 2.23. The lowest BCUT2D eigenvalue weighted by molar-refractivity contribution is 0.102. The Labute approximate surface area is 113 Å². The molecule has 0 atom stereocenters. The molecule has 1 aromatic heterocycles. The van der Waals surface area contributed by atoms with Gasteiger partial charge in [0.05, 0.1) is 11.3 Å². The molecule has 2 rings (SSSR count). The first kappa shape index (κ1) is 12.3. The number of benzene rings is 1. The second kappa shape index (κ2) is 5.02. The zero-order chi connectivity index (χ0) is 12.4. The van der Waals surface area contributed by atoms with Crippen molar-refractivity contribution in [1.29, 1.82) is 0 Å². The predicted octanol–water partition coefficient (Wildman–Crippen LogP) is 4.38. The molecule has 1 aromatic carbocycles. The fourth-order valence-electron chi connectivity index (χ4n) is 1.61. The molecule has 1 heterocycles. The van der Waals surface area contributed by atoms with Crippen LogP contribution in [0.15, 0.2) is 34.8 Å². The van der Waals surface area contributed by atoms with Crippen LogP contribution in [0.2, 0.25) is 0 Å². The number of hydrogen-bond donors (Lipinski definition) is 1. The minimum atomic E-state index is -0.0567. The number of halogens is 1.